The molecule has 2 unspecified atom stereocenters. The molecular formula is C16H22F3NO. The van der Waals surface area contributed by atoms with Gasteiger partial charge >= 0.3 is 6.36 Å². The number of ether oxygens (including phenoxy) is 1. The summed E-state index contributed by atoms with van der Waals surface area (Å²) in [5.41, 5.74) is 0.689. The predicted octanol–water partition coefficient (Wildman–Crippen LogP) is 5.21. The van der Waals surface area contributed by atoms with Crippen molar-refractivity contribution in [3.05, 3.63) is 24.3 Å². The van der Waals surface area contributed by atoms with Gasteiger partial charge in [0.1, 0.15) is 5.75 Å². The molecule has 0 heterocycles. The van der Waals surface area contributed by atoms with Gasteiger partial charge in [-0.3, -0.25) is 0 Å². The van der Waals surface area contributed by atoms with Crippen LogP contribution in [0.4, 0.5) is 18.9 Å². The number of hydrogen-bond acceptors (Lipinski definition) is 2. The molecule has 1 N–H and O–H groups in total. The molecule has 0 radical (unpaired) electrons. The minimum Gasteiger partial charge on any atom is -0.406 e. The Kier molecular flexibility index (Phi) is 5.01. The fraction of sp³-hybridized carbons (Fsp3) is 0.625. The van der Waals surface area contributed by atoms with Crippen molar-refractivity contribution in [3.8, 4) is 5.75 Å². The van der Waals surface area contributed by atoms with Crippen molar-refractivity contribution in [2.75, 3.05) is 5.32 Å². The number of anilines is 1. The number of nitrogens with one attached hydrogen (secondary N) is 1. The fourth-order valence-electron chi connectivity index (χ4n) is 3.13. The molecule has 1 aliphatic carbocycles. The van der Waals surface area contributed by atoms with Crippen LogP contribution in [-0.2, 0) is 0 Å². The quantitative estimate of drug-likeness (QED) is 0.824. The topological polar surface area (TPSA) is 21.3 Å². The van der Waals surface area contributed by atoms with Crippen LogP contribution in [0.2, 0.25) is 0 Å². The van der Waals surface area contributed by atoms with Crippen molar-refractivity contribution >= 4 is 5.69 Å². The predicted molar refractivity (Wildman–Crippen MR) is 77.3 cm³/mol. The Morgan fingerprint density at radius 1 is 1.19 bits per heavy atom. The maximum Gasteiger partial charge on any atom is 0.573 e. The monoisotopic (exact) mass is 301 g/mol. The third-order valence-corrected chi connectivity index (χ3v) is 4.10. The molecule has 0 bridgehead atoms. The van der Waals surface area contributed by atoms with E-state index in [0.29, 0.717) is 23.6 Å². The first kappa shape index (κ1) is 16.0. The zero-order chi connectivity index (χ0) is 15.5. The van der Waals surface area contributed by atoms with E-state index >= 15 is 0 Å². The van der Waals surface area contributed by atoms with Crippen LogP contribution in [0.3, 0.4) is 0 Å². The zero-order valence-electron chi connectivity index (χ0n) is 12.4. The molecule has 118 valence electrons. The summed E-state index contributed by atoms with van der Waals surface area (Å²) in [5, 5.41) is 3.39. The average Bonchev–Trinajstić information content (AvgIpc) is 2.37. The molecule has 0 aliphatic heterocycles. The smallest absolute Gasteiger partial charge is 0.406 e. The van der Waals surface area contributed by atoms with Gasteiger partial charge in [-0.05, 0) is 36.8 Å². The molecule has 2 atom stereocenters. The lowest BCUT2D eigenvalue weighted by Gasteiger charge is -2.35. The van der Waals surface area contributed by atoms with E-state index in [-0.39, 0.29) is 5.75 Å². The Balaban J connectivity index is 2.06. The van der Waals surface area contributed by atoms with Crippen LogP contribution in [0.15, 0.2) is 24.3 Å². The summed E-state index contributed by atoms with van der Waals surface area (Å²) in [4.78, 5) is 0. The van der Waals surface area contributed by atoms with Crippen LogP contribution >= 0.6 is 0 Å². The number of halogens is 3. The molecule has 0 spiro atoms. The van der Waals surface area contributed by atoms with E-state index in [2.05, 4.69) is 23.9 Å². The van der Waals surface area contributed by atoms with Gasteiger partial charge in [-0.1, -0.05) is 32.8 Å². The fourth-order valence-corrected chi connectivity index (χ4v) is 3.13. The van der Waals surface area contributed by atoms with E-state index in [0.717, 1.165) is 6.42 Å². The Bertz CT molecular complexity index is 459. The molecule has 1 aromatic carbocycles. The largest absolute Gasteiger partial charge is 0.573 e. The average molecular weight is 301 g/mol. The van der Waals surface area contributed by atoms with Crippen LogP contribution in [-0.4, -0.2) is 12.4 Å². The lowest BCUT2D eigenvalue weighted by molar-refractivity contribution is -0.274. The summed E-state index contributed by atoms with van der Waals surface area (Å²) in [6.07, 6.45) is -0.0108. The minimum absolute atomic E-state index is 0.176. The van der Waals surface area contributed by atoms with Gasteiger partial charge in [-0.15, -0.1) is 13.2 Å². The van der Waals surface area contributed by atoms with Gasteiger partial charge < -0.3 is 10.1 Å². The van der Waals surface area contributed by atoms with Crippen LogP contribution in [0.25, 0.3) is 0 Å². The van der Waals surface area contributed by atoms with Crippen molar-refractivity contribution in [2.45, 2.75) is 51.9 Å². The van der Waals surface area contributed by atoms with E-state index in [1.54, 1.807) is 12.1 Å². The summed E-state index contributed by atoms with van der Waals surface area (Å²) in [6, 6.07) is 6.42. The van der Waals surface area contributed by atoms with Gasteiger partial charge in [-0.25, -0.2) is 0 Å². The highest BCUT2D eigenvalue weighted by atomic mass is 19.4. The Labute approximate surface area is 123 Å². The second-order valence-corrected chi connectivity index (χ2v) is 6.02. The third-order valence-electron chi connectivity index (χ3n) is 4.10. The molecular weight excluding hydrogens is 279 g/mol. The molecule has 0 aromatic heterocycles. The summed E-state index contributed by atoms with van der Waals surface area (Å²) in [7, 11) is 0. The number of rotatable bonds is 4. The van der Waals surface area contributed by atoms with Crippen LogP contribution in [0, 0.1) is 11.8 Å². The van der Waals surface area contributed by atoms with Crippen LogP contribution < -0.4 is 10.1 Å². The number of alkyl halides is 3. The molecule has 1 aliphatic rings. The van der Waals surface area contributed by atoms with E-state index in [1.807, 2.05) is 0 Å². The number of benzene rings is 1. The molecule has 1 fully saturated rings. The van der Waals surface area contributed by atoms with Crippen molar-refractivity contribution in [3.63, 3.8) is 0 Å². The highest BCUT2D eigenvalue weighted by Crippen LogP contribution is 2.33. The van der Waals surface area contributed by atoms with Gasteiger partial charge in [0, 0.05) is 17.8 Å². The van der Waals surface area contributed by atoms with Crippen LogP contribution in [0.1, 0.15) is 39.5 Å². The second kappa shape index (κ2) is 6.58. The molecule has 1 aromatic rings. The lowest BCUT2D eigenvalue weighted by Crippen LogP contribution is -2.35. The molecule has 0 amide bonds. The lowest BCUT2D eigenvalue weighted by atomic mass is 9.78. The van der Waals surface area contributed by atoms with Gasteiger partial charge in [0.2, 0.25) is 0 Å². The zero-order valence-corrected chi connectivity index (χ0v) is 12.4. The van der Waals surface area contributed by atoms with Crippen LogP contribution in [0.5, 0.6) is 5.75 Å². The third kappa shape index (κ3) is 4.83. The Morgan fingerprint density at radius 3 is 2.57 bits per heavy atom. The Hall–Kier alpha value is -1.39. The van der Waals surface area contributed by atoms with Crippen molar-refractivity contribution in [1.82, 2.24) is 0 Å². The molecule has 2 rings (SSSR count). The highest BCUT2D eigenvalue weighted by molar-refractivity contribution is 5.49. The highest BCUT2D eigenvalue weighted by Gasteiger charge is 2.31. The molecule has 21 heavy (non-hydrogen) atoms. The second-order valence-electron chi connectivity index (χ2n) is 6.02. The molecule has 1 saturated carbocycles. The van der Waals surface area contributed by atoms with Gasteiger partial charge in [0.25, 0.3) is 0 Å². The first-order valence-electron chi connectivity index (χ1n) is 7.47. The summed E-state index contributed by atoms with van der Waals surface area (Å²) < 4.78 is 40.7. The van der Waals surface area contributed by atoms with E-state index in [9.17, 15) is 13.2 Å². The summed E-state index contributed by atoms with van der Waals surface area (Å²) in [6.45, 7) is 4.40. The van der Waals surface area contributed by atoms with E-state index in [4.69, 9.17) is 0 Å². The van der Waals surface area contributed by atoms with E-state index < -0.39 is 6.36 Å². The van der Waals surface area contributed by atoms with Crippen molar-refractivity contribution < 1.29 is 17.9 Å². The maximum atomic E-state index is 12.3. The Morgan fingerprint density at radius 2 is 1.90 bits per heavy atom. The summed E-state index contributed by atoms with van der Waals surface area (Å²) in [5.74, 6) is 0.952. The molecule has 2 nitrogen and oxygen atoms in total. The standard InChI is InChI=1S/C16H22F3NO/c1-11(2)14-8-3-4-9-15(14)20-12-6-5-7-13(10-12)21-16(17,18)19/h5-7,10-11,14-15,20H,3-4,8-9H2,1-2H3. The van der Waals surface area contributed by atoms with Gasteiger partial charge in [0.05, 0.1) is 0 Å². The SMILES string of the molecule is CC(C)C1CCCCC1Nc1cccc(OC(F)(F)F)c1. The maximum absolute atomic E-state index is 12.3. The first-order chi connectivity index (χ1) is 9.85. The molecule has 0 saturated heterocycles. The van der Waals surface area contributed by atoms with Crippen molar-refractivity contribution in [1.29, 1.82) is 0 Å². The number of hydrogen-bond donors (Lipinski definition) is 1. The summed E-state index contributed by atoms with van der Waals surface area (Å²) >= 11 is 0. The van der Waals surface area contributed by atoms with E-state index in [1.165, 1.54) is 31.4 Å². The first-order valence-corrected chi connectivity index (χ1v) is 7.47. The minimum atomic E-state index is -4.65. The van der Waals surface area contributed by atoms with Gasteiger partial charge in [0.15, 0.2) is 0 Å². The van der Waals surface area contributed by atoms with Crippen molar-refractivity contribution in [2.24, 2.45) is 11.8 Å². The normalized spacial score (nSPS) is 23.1. The molecule has 5 heteroatoms. The van der Waals surface area contributed by atoms with Gasteiger partial charge in [-0.2, -0.15) is 0 Å².